The average molecular weight is 403 g/mol. The van der Waals surface area contributed by atoms with Gasteiger partial charge in [-0.15, -0.1) is 0 Å². The van der Waals surface area contributed by atoms with E-state index in [2.05, 4.69) is 0 Å². The summed E-state index contributed by atoms with van der Waals surface area (Å²) >= 11 is 0. The number of rotatable bonds is 10. The Balaban J connectivity index is 2.19. The van der Waals surface area contributed by atoms with E-state index in [4.69, 9.17) is 4.74 Å². The molecule has 0 N–H and O–H groups in total. The first-order chi connectivity index (χ1) is 13.8. The zero-order valence-electron chi connectivity index (χ0n) is 17.6. The van der Waals surface area contributed by atoms with Gasteiger partial charge in [-0.2, -0.15) is 0 Å². The van der Waals surface area contributed by atoms with Gasteiger partial charge in [0, 0.05) is 39.1 Å². The van der Waals surface area contributed by atoms with E-state index in [1.165, 1.54) is 23.1 Å². The van der Waals surface area contributed by atoms with E-state index in [9.17, 15) is 14.0 Å². The Hall–Kier alpha value is -2.67. The summed E-state index contributed by atoms with van der Waals surface area (Å²) in [7, 11) is 3.50. The highest BCUT2D eigenvalue weighted by Crippen LogP contribution is 2.13. The molecule has 1 aromatic carbocycles. The molecule has 0 fully saturated rings. The second-order valence-corrected chi connectivity index (χ2v) is 7.48. The highest BCUT2D eigenvalue weighted by molar-refractivity contribution is 5.96. The Morgan fingerprint density at radius 3 is 2.45 bits per heavy atom. The van der Waals surface area contributed by atoms with Gasteiger partial charge in [-0.25, -0.2) is 4.39 Å². The van der Waals surface area contributed by atoms with E-state index >= 15 is 0 Å². The van der Waals surface area contributed by atoms with E-state index < -0.39 is 11.7 Å². The Morgan fingerprint density at radius 2 is 1.86 bits per heavy atom. The van der Waals surface area contributed by atoms with Crippen LogP contribution in [0.25, 0.3) is 0 Å². The summed E-state index contributed by atoms with van der Waals surface area (Å²) in [6.45, 7) is 5.37. The van der Waals surface area contributed by atoms with Gasteiger partial charge in [-0.1, -0.05) is 26.0 Å². The topological polar surface area (TPSA) is 54.8 Å². The molecule has 0 bridgehead atoms. The highest BCUT2D eigenvalue weighted by Gasteiger charge is 2.25. The van der Waals surface area contributed by atoms with Gasteiger partial charge < -0.3 is 19.1 Å². The van der Waals surface area contributed by atoms with Gasteiger partial charge in [0.25, 0.3) is 5.91 Å². The number of methoxy groups -OCH3 is 1. The summed E-state index contributed by atoms with van der Waals surface area (Å²) in [5.41, 5.74) is 0.956. The smallest absolute Gasteiger partial charge is 0.257 e. The lowest BCUT2D eigenvalue weighted by Gasteiger charge is -2.29. The second kappa shape index (κ2) is 10.8. The molecule has 0 aliphatic heterocycles. The van der Waals surface area contributed by atoms with Gasteiger partial charge in [0.15, 0.2) is 0 Å². The molecule has 7 heteroatoms. The molecular weight excluding hydrogens is 373 g/mol. The number of hydrogen-bond acceptors (Lipinski definition) is 3. The monoisotopic (exact) mass is 403 g/mol. The van der Waals surface area contributed by atoms with Gasteiger partial charge in [0.2, 0.25) is 5.91 Å². The van der Waals surface area contributed by atoms with Crippen LogP contribution in [0, 0.1) is 11.7 Å². The Bertz CT molecular complexity index is 819. The normalized spacial score (nSPS) is 11.0. The molecule has 2 aromatic rings. The number of nitrogens with zero attached hydrogens (tertiary/aromatic N) is 3. The van der Waals surface area contributed by atoms with Crippen LogP contribution in [0.3, 0.4) is 0 Å². The van der Waals surface area contributed by atoms with Gasteiger partial charge >= 0.3 is 0 Å². The zero-order valence-corrected chi connectivity index (χ0v) is 17.6. The highest BCUT2D eigenvalue weighted by atomic mass is 19.1. The molecule has 1 aromatic heterocycles. The summed E-state index contributed by atoms with van der Waals surface area (Å²) in [6.07, 6.45) is 1.92. The number of amides is 2. The minimum absolute atomic E-state index is 0.0215. The van der Waals surface area contributed by atoms with Gasteiger partial charge in [0.1, 0.15) is 12.4 Å². The van der Waals surface area contributed by atoms with E-state index in [1.807, 2.05) is 43.8 Å². The van der Waals surface area contributed by atoms with Crippen LogP contribution in [-0.2, 0) is 23.1 Å². The van der Waals surface area contributed by atoms with Gasteiger partial charge in [-0.05, 0) is 30.2 Å². The Kier molecular flexibility index (Phi) is 8.39. The second-order valence-electron chi connectivity index (χ2n) is 7.48. The number of benzene rings is 1. The predicted molar refractivity (Wildman–Crippen MR) is 110 cm³/mol. The van der Waals surface area contributed by atoms with Crippen LogP contribution in [0.2, 0.25) is 0 Å². The molecule has 158 valence electrons. The molecule has 0 atom stereocenters. The summed E-state index contributed by atoms with van der Waals surface area (Å²) < 4.78 is 21.2. The standard InChI is InChI=1S/C22H30FN3O3/c1-17(2)14-26(22(28)19-9-5-6-10-20(19)23)16-21(27)25(12-13-29-4)15-18-8-7-11-24(18)3/h5-11,17H,12-16H2,1-4H3. The largest absolute Gasteiger partial charge is 0.383 e. The van der Waals surface area contributed by atoms with Crippen LogP contribution in [0.4, 0.5) is 4.39 Å². The third-order valence-corrected chi connectivity index (χ3v) is 4.63. The molecule has 2 rings (SSSR count). The average Bonchev–Trinajstić information content (AvgIpc) is 3.08. The molecule has 0 saturated carbocycles. The fraction of sp³-hybridized carbons (Fsp3) is 0.455. The number of aryl methyl sites for hydroxylation is 1. The minimum Gasteiger partial charge on any atom is -0.383 e. The van der Waals surface area contributed by atoms with Crippen molar-refractivity contribution >= 4 is 11.8 Å². The lowest BCUT2D eigenvalue weighted by atomic mass is 10.1. The zero-order chi connectivity index (χ0) is 21.4. The molecule has 2 amide bonds. The maximum absolute atomic E-state index is 14.1. The third-order valence-electron chi connectivity index (χ3n) is 4.63. The lowest BCUT2D eigenvalue weighted by Crippen LogP contribution is -2.45. The first-order valence-corrected chi connectivity index (χ1v) is 9.74. The first kappa shape index (κ1) is 22.6. The van der Waals surface area contributed by atoms with Crippen molar-refractivity contribution in [1.82, 2.24) is 14.4 Å². The fourth-order valence-corrected chi connectivity index (χ4v) is 3.08. The number of hydrogen-bond donors (Lipinski definition) is 0. The van der Waals surface area contributed by atoms with Crippen LogP contribution in [0.15, 0.2) is 42.6 Å². The number of halogens is 1. The van der Waals surface area contributed by atoms with E-state index in [0.717, 1.165) is 5.69 Å². The molecule has 29 heavy (non-hydrogen) atoms. The van der Waals surface area contributed by atoms with Crippen LogP contribution >= 0.6 is 0 Å². The summed E-state index contributed by atoms with van der Waals surface area (Å²) in [5, 5.41) is 0. The minimum atomic E-state index is -0.584. The van der Waals surface area contributed by atoms with Crippen LogP contribution in [-0.4, -0.2) is 59.5 Å². The predicted octanol–water partition coefficient (Wildman–Crippen LogP) is 2.94. The summed E-state index contributed by atoms with van der Waals surface area (Å²) in [5.74, 6) is -1.12. The van der Waals surface area contributed by atoms with Crippen molar-refractivity contribution in [2.75, 3.05) is 33.4 Å². The van der Waals surface area contributed by atoms with E-state index in [0.29, 0.717) is 26.2 Å². The van der Waals surface area contributed by atoms with Crippen molar-refractivity contribution in [2.45, 2.75) is 20.4 Å². The Labute approximate surface area is 171 Å². The maximum Gasteiger partial charge on any atom is 0.257 e. The van der Waals surface area contributed by atoms with Crippen molar-refractivity contribution in [3.05, 3.63) is 59.7 Å². The summed E-state index contributed by atoms with van der Waals surface area (Å²) in [4.78, 5) is 29.1. The first-order valence-electron chi connectivity index (χ1n) is 9.74. The fourth-order valence-electron chi connectivity index (χ4n) is 3.08. The maximum atomic E-state index is 14.1. The van der Waals surface area contributed by atoms with Crippen LogP contribution in [0.5, 0.6) is 0 Å². The quantitative estimate of drug-likeness (QED) is 0.613. The molecule has 0 aliphatic rings. The summed E-state index contributed by atoms with van der Waals surface area (Å²) in [6, 6.07) is 9.72. The van der Waals surface area contributed by atoms with Gasteiger partial charge in [0.05, 0.1) is 18.7 Å². The number of aromatic nitrogens is 1. The van der Waals surface area contributed by atoms with Crippen molar-refractivity contribution in [3.63, 3.8) is 0 Å². The molecule has 6 nitrogen and oxygen atoms in total. The molecule has 0 aliphatic carbocycles. The third kappa shape index (κ3) is 6.42. The molecule has 0 spiro atoms. The molecule has 0 unspecified atom stereocenters. The van der Waals surface area contributed by atoms with Crippen molar-refractivity contribution in [1.29, 1.82) is 0 Å². The van der Waals surface area contributed by atoms with Crippen LogP contribution < -0.4 is 0 Å². The molecular formula is C22H30FN3O3. The number of carbonyl (C=O) groups excluding carboxylic acids is 2. The van der Waals surface area contributed by atoms with E-state index in [1.54, 1.807) is 18.1 Å². The number of carbonyl (C=O) groups is 2. The van der Waals surface area contributed by atoms with Gasteiger partial charge in [-0.3, -0.25) is 9.59 Å². The SMILES string of the molecule is COCCN(Cc1cccn1C)C(=O)CN(CC(C)C)C(=O)c1ccccc1F. The van der Waals surface area contributed by atoms with E-state index in [-0.39, 0.29) is 23.9 Å². The molecule has 1 heterocycles. The van der Waals surface area contributed by atoms with Crippen molar-refractivity contribution in [3.8, 4) is 0 Å². The lowest BCUT2D eigenvalue weighted by molar-refractivity contribution is -0.133. The Morgan fingerprint density at radius 1 is 1.14 bits per heavy atom. The van der Waals surface area contributed by atoms with Crippen molar-refractivity contribution in [2.24, 2.45) is 13.0 Å². The number of ether oxygens (including phenoxy) is 1. The molecule has 0 radical (unpaired) electrons. The van der Waals surface area contributed by atoms with Crippen LogP contribution in [0.1, 0.15) is 29.9 Å². The van der Waals surface area contributed by atoms with Crippen molar-refractivity contribution < 1.29 is 18.7 Å². The molecule has 0 saturated heterocycles.